The topological polar surface area (TPSA) is 30.2 Å². The Hall–Kier alpha value is -1.06. The summed E-state index contributed by atoms with van der Waals surface area (Å²) < 4.78 is 6.66. The van der Waals surface area contributed by atoms with E-state index in [1.165, 1.54) is 6.26 Å². The van der Waals surface area contributed by atoms with Crippen LogP contribution in [0.2, 0.25) is 16.6 Å². The minimum absolute atomic E-state index is 0.0264. The molecule has 0 saturated carbocycles. The minimum Gasteiger partial charge on any atom is -0.463 e. The molecule has 2 rings (SSSR count). The van der Waals surface area contributed by atoms with Gasteiger partial charge in [0.2, 0.25) is 5.43 Å². The van der Waals surface area contributed by atoms with Crippen molar-refractivity contribution in [1.29, 1.82) is 0 Å². The van der Waals surface area contributed by atoms with Gasteiger partial charge in [-0.1, -0.05) is 47.5 Å². The van der Waals surface area contributed by atoms with Crippen molar-refractivity contribution in [2.45, 2.75) is 58.2 Å². The van der Waals surface area contributed by atoms with Crippen molar-refractivity contribution in [2.24, 2.45) is 0 Å². The Morgan fingerprint density at radius 3 is 2.17 bits per heavy atom. The highest BCUT2D eigenvalue weighted by molar-refractivity contribution is 14.1. The Bertz CT molecular complexity index is 832. The first-order valence-corrected chi connectivity index (χ1v) is 11.8. The van der Waals surface area contributed by atoms with Crippen molar-refractivity contribution >= 4 is 41.6 Å². The largest absolute Gasteiger partial charge is 0.463 e. The smallest absolute Gasteiger partial charge is 0.208 e. The third-order valence-electron chi connectivity index (χ3n) is 5.01. The summed E-state index contributed by atoms with van der Waals surface area (Å²) in [7, 11) is -1.85. The molecule has 0 bridgehead atoms. The van der Waals surface area contributed by atoms with Crippen molar-refractivity contribution in [3.63, 3.8) is 0 Å². The molecule has 128 valence electrons. The number of hydrogen-bond acceptors (Lipinski definition) is 2. The summed E-state index contributed by atoms with van der Waals surface area (Å²) in [5.41, 5.74) is 6.28. The second-order valence-corrected chi connectivity index (χ2v) is 14.1. The van der Waals surface area contributed by atoms with Gasteiger partial charge < -0.3 is 4.42 Å². The van der Waals surface area contributed by atoms with Crippen molar-refractivity contribution < 1.29 is 4.42 Å². The molecule has 2 aromatic rings. The number of hydrogen-bond donors (Lipinski definition) is 0. The van der Waals surface area contributed by atoms with Crippen LogP contribution >= 0.6 is 22.6 Å². The van der Waals surface area contributed by atoms with Gasteiger partial charge in [-0.25, -0.2) is 0 Å². The van der Waals surface area contributed by atoms with Crippen LogP contribution in [0, 0.1) is 15.0 Å². The molecule has 0 saturated heterocycles. The predicted molar refractivity (Wildman–Crippen MR) is 113 cm³/mol. The summed E-state index contributed by atoms with van der Waals surface area (Å²) >= 11 is 2.21. The highest BCUT2D eigenvalue weighted by Crippen LogP contribution is 2.40. The average molecular weight is 452 g/mol. The van der Waals surface area contributed by atoms with Crippen LogP contribution in [0.15, 0.2) is 33.7 Å². The molecule has 0 aliphatic rings. The van der Waals surface area contributed by atoms with Gasteiger partial charge in [0.1, 0.15) is 25.5 Å². The summed E-state index contributed by atoms with van der Waals surface area (Å²) in [4.78, 5) is 12.8. The maximum absolute atomic E-state index is 12.8. The van der Waals surface area contributed by atoms with Crippen LogP contribution in [0.4, 0.5) is 0 Å². The lowest BCUT2D eigenvalue weighted by atomic mass is 10.2. The van der Waals surface area contributed by atoms with E-state index in [-0.39, 0.29) is 5.43 Å². The Morgan fingerprint density at radius 1 is 1.04 bits per heavy atom. The molecule has 0 amide bonds. The van der Waals surface area contributed by atoms with Crippen LogP contribution in [-0.2, 0) is 0 Å². The highest BCUT2D eigenvalue weighted by atomic mass is 127. The zero-order valence-corrected chi connectivity index (χ0v) is 18.4. The van der Waals surface area contributed by atoms with Crippen LogP contribution < -0.4 is 5.43 Å². The lowest BCUT2D eigenvalue weighted by Gasteiger charge is -2.38. The zero-order chi connectivity index (χ0) is 18.1. The lowest BCUT2D eigenvalue weighted by molar-refractivity contribution is 0.600. The van der Waals surface area contributed by atoms with Crippen LogP contribution in [0.25, 0.3) is 11.0 Å². The first-order valence-electron chi connectivity index (χ1n) is 8.44. The standard InChI is InChI=1S/C20H25IO2Si/c1-13(2)24(14(3)4,15(5)6)10-9-16-12-23-19-8-7-17(21)11-18(19)20(16)22/h7-8,11-15H,1-6H3. The van der Waals surface area contributed by atoms with Crippen molar-refractivity contribution in [1.82, 2.24) is 0 Å². The molecule has 24 heavy (non-hydrogen) atoms. The van der Waals surface area contributed by atoms with E-state index in [1.54, 1.807) is 0 Å². The van der Waals surface area contributed by atoms with Crippen molar-refractivity contribution in [3.05, 3.63) is 43.8 Å². The quantitative estimate of drug-likeness (QED) is 0.327. The molecule has 0 N–H and O–H groups in total. The Labute approximate surface area is 159 Å². The molecule has 0 aliphatic heterocycles. The van der Waals surface area contributed by atoms with Crippen molar-refractivity contribution in [2.75, 3.05) is 0 Å². The average Bonchev–Trinajstić information content (AvgIpc) is 2.49. The third kappa shape index (κ3) is 3.47. The lowest BCUT2D eigenvalue weighted by Crippen LogP contribution is -2.43. The van der Waals surface area contributed by atoms with E-state index in [1.807, 2.05) is 18.2 Å². The molecule has 1 heterocycles. The molecular weight excluding hydrogens is 427 g/mol. The summed E-state index contributed by atoms with van der Waals surface area (Å²) in [6, 6.07) is 5.64. The molecule has 0 atom stereocenters. The predicted octanol–water partition coefficient (Wildman–Crippen LogP) is 5.97. The summed E-state index contributed by atoms with van der Waals surface area (Å²) in [5.74, 6) is 3.21. The maximum Gasteiger partial charge on any atom is 0.208 e. The van der Waals surface area contributed by atoms with Gasteiger partial charge in [-0.15, -0.1) is 5.54 Å². The first-order chi connectivity index (χ1) is 11.2. The van der Waals surface area contributed by atoms with Crippen LogP contribution in [-0.4, -0.2) is 8.07 Å². The van der Waals surface area contributed by atoms with E-state index in [9.17, 15) is 4.79 Å². The second-order valence-electron chi connectivity index (χ2n) is 7.27. The molecule has 4 heteroatoms. The van der Waals surface area contributed by atoms with E-state index < -0.39 is 8.07 Å². The van der Waals surface area contributed by atoms with Crippen LogP contribution in [0.1, 0.15) is 47.1 Å². The van der Waals surface area contributed by atoms with Gasteiger partial charge in [0.05, 0.1) is 5.39 Å². The third-order valence-corrected chi connectivity index (χ3v) is 12.0. The number of rotatable bonds is 3. The molecule has 0 unspecified atom stereocenters. The molecular formula is C20H25IO2Si. The van der Waals surface area contributed by atoms with Crippen LogP contribution in [0.5, 0.6) is 0 Å². The van der Waals surface area contributed by atoms with Crippen LogP contribution in [0.3, 0.4) is 0 Å². The first kappa shape index (κ1) is 19.3. The monoisotopic (exact) mass is 452 g/mol. The molecule has 0 spiro atoms. The SMILES string of the molecule is CC(C)[Si](C#Cc1coc2ccc(I)cc2c1=O)(C(C)C)C(C)C. The second kappa shape index (κ2) is 7.45. The highest BCUT2D eigenvalue weighted by Gasteiger charge is 2.41. The van der Waals surface area contributed by atoms with E-state index in [0.29, 0.717) is 33.2 Å². The molecule has 0 radical (unpaired) electrons. The molecule has 0 aliphatic carbocycles. The van der Waals surface area contributed by atoms with Gasteiger partial charge in [0.25, 0.3) is 0 Å². The Morgan fingerprint density at radius 2 is 1.62 bits per heavy atom. The van der Waals surface area contributed by atoms with Gasteiger partial charge in [-0.3, -0.25) is 4.79 Å². The Kier molecular flexibility index (Phi) is 5.98. The van der Waals surface area contributed by atoms with Gasteiger partial charge >= 0.3 is 0 Å². The fourth-order valence-electron chi connectivity index (χ4n) is 3.80. The van der Waals surface area contributed by atoms with Gasteiger partial charge in [0, 0.05) is 3.57 Å². The molecule has 0 fully saturated rings. The number of benzene rings is 1. The number of halogens is 1. The number of fused-ring (bicyclic) bond motifs is 1. The fourth-order valence-corrected chi connectivity index (χ4v) is 9.51. The molecule has 2 nitrogen and oxygen atoms in total. The van der Waals surface area contributed by atoms with Gasteiger partial charge in [0.15, 0.2) is 0 Å². The van der Waals surface area contributed by atoms with E-state index >= 15 is 0 Å². The minimum atomic E-state index is -1.85. The van der Waals surface area contributed by atoms with Crippen molar-refractivity contribution in [3.8, 4) is 11.5 Å². The summed E-state index contributed by atoms with van der Waals surface area (Å²) in [6.45, 7) is 13.6. The molecule has 1 aromatic heterocycles. The van der Waals surface area contributed by atoms with E-state index in [2.05, 4.69) is 75.6 Å². The molecule has 1 aromatic carbocycles. The van der Waals surface area contributed by atoms with E-state index in [0.717, 1.165) is 3.57 Å². The normalized spacial score (nSPS) is 12.1. The Balaban J connectivity index is 2.63. The summed E-state index contributed by atoms with van der Waals surface area (Å²) in [6.07, 6.45) is 1.52. The van der Waals surface area contributed by atoms with E-state index in [4.69, 9.17) is 4.42 Å². The summed E-state index contributed by atoms with van der Waals surface area (Å²) in [5, 5.41) is 0.611. The maximum atomic E-state index is 12.8. The van der Waals surface area contributed by atoms with Gasteiger partial charge in [-0.2, -0.15) is 0 Å². The zero-order valence-electron chi connectivity index (χ0n) is 15.2. The van der Waals surface area contributed by atoms with Gasteiger partial charge in [-0.05, 0) is 57.4 Å². The fraction of sp³-hybridized carbons (Fsp3) is 0.450.